The normalized spacial score (nSPS) is 23.3. The molecule has 2 aliphatic heterocycles. The summed E-state index contributed by atoms with van der Waals surface area (Å²) in [6, 6.07) is -1.23. The summed E-state index contributed by atoms with van der Waals surface area (Å²) in [5.74, 6) is -0.942. The molecule has 0 aromatic heterocycles. The second-order valence-electron chi connectivity index (χ2n) is 9.85. The van der Waals surface area contributed by atoms with Crippen LogP contribution in [0.1, 0.15) is 54.9 Å². The van der Waals surface area contributed by atoms with Crippen LogP contribution in [0, 0.1) is 5.41 Å². The van der Waals surface area contributed by atoms with E-state index < -0.39 is 52.6 Å². The van der Waals surface area contributed by atoms with Gasteiger partial charge in [0.25, 0.3) is 11.8 Å². The highest BCUT2D eigenvalue weighted by molar-refractivity contribution is 6.07. The lowest BCUT2D eigenvalue weighted by molar-refractivity contribution is -0.134. The molecule has 2 saturated heterocycles. The van der Waals surface area contributed by atoms with E-state index in [1.165, 1.54) is 4.90 Å². The maximum absolute atomic E-state index is 12.9. The highest BCUT2D eigenvalue weighted by Crippen LogP contribution is 2.31. The van der Waals surface area contributed by atoms with Gasteiger partial charge >= 0.3 is 12.1 Å². The fourth-order valence-electron chi connectivity index (χ4n) is 3.50. The van der Waals surface area contributed by atoms with E-state index in [1.54, 1.807) is 27.7 Å². The molecule has 2 rings (SSSR count). The molecule has 0 aromatic carbocycles. The Morgan fingerprint density at radius 3 is 1.97 bits per heavy atom. The van der Waals surface area contributed by atoms with E-state index >= 15 is 0 Å². The van der Waals surface area contributed by atoms with Crippen LogP contribution in [0.4, 0.5) is 9.59 Å². The van der Waals surface area contributed by atoms with E-state index in [1.807, 2.05) is 20.8 Å². The zero-order chi connectivity index (χ0) is 23.2. The fourth-order valence-corrected chi connectivity index (χ4v) is 3.50. The summed E-state index contributed by atoms with van der Waals surface area (Å²) in [6.07, 6.45) is -1.47. The van der Waals surface area contributed by atoms with Gasteiger partial charge in [0.1, 0.15) is 11.1 Å². The third kappa shape index (κ3) is 4.15. The number of aliphatic hydroxyl groups is 2. The van der Waals surface area contributed by atoms with Gasteiger partial charge in [-0.3, -0.25) is 19.4 Å². The van der Waals surface area contributed by atoms with Crippen LogP contribution in [-0.2, 0) is 9.59 Å². The monoisotopic (exact) mass is 426 g/mol. The van der Waals surface area contributed by atoms with Gasteiger partial charge in [-0.05, 0) is 39.5 Å². The number of amides is 6. The van der Waals surface area contributed by atoms with E-state index in [-0.39, 0.29) is 19.6 Å². The summed E-state index contributed by atoms with van der Waals surface area (Å²) >= 11 is 0. The Kier molecular flexibility index (Phi) is 6.27. The van der Waals surface area contributed by atoms with E-state index in [0.717, 1.165) is 9.80 Å². The van der Waals surface area contributed by atoms with Gasteiger partial charge in [-0.15, -0.1) is 0 Å². The Balaban J connectivity index is 2.12. The molecule has 2 unspecified atom stereocenters. The maximum atomic E-state index is 12.9. The Bertz CT molecular complexity index is 748. The van der Waals surface area contributed by atoms with Crippen molar-refractivity contribution in [2.75, 3.05) is 19.6 Å². The molecule has 0 spiro atoms. The molecule has 0 aromatic rings. The van der Waals surface area contributed by atoms with Gasteiger partial charge in [-0.25, -0.2) is 9.59 Å². The van der Waals surface area contributed by atoms with E-state index in [0.29, 0.717) is 6.42 Å². The molecule has 2 atom stereocenters. The van der Waals surface area contributed by atoms with Crippen LogP contribution < -0.4 is 5.32 Å². The number of aliphatic hydroxyl groups excluding tert-OH is 2. The standard InChI is InChI=1S/C20H34N4O6/c1-8-18(2,3)13(26)11-23-15(28)20(6,7)24(17(23)30)10-12(25)9-22-14(27)19(4,5)21-16(22)29/h12-13,25-26H,8-11H2,1-7H3,(H,21,29). The van der Waals surface area contributed by atoms with Crippen LogP contribution in [0.15, 0.2) is 0 Å². The topological polar surface area (TPSA) is 130 Å². The molecule has 6 amide bonds. The minimum atomic E-state index is -1.23. The third-order valence-electron chi connectivity index (χ3n) is 6.30. The van der Waals surface area contributed by atoms with E-state index in [2.05, 4.69) is 5.32 Å². The van der Waals surface area contributed by atoms with Crippen LogP contribution in [0.25, 0.3) is 0 Å². The van der Waals surface area contributed by atoms with Gasteiger partial charge in [0.15, 0.2) is 0 Å². The zero-order valence-electron chi connectivity index (χ0n) is 18.9. The van der Waals surface area contributed by atoms with Crippen molar-refractivity contribution in [1.29, 1.82) is 0 Å². The molecule has 30 heavy (non-hydrogen) atoms. The van der Waals surface area contributed by atoms with Gasteiger partial charge in [0.2, 0.25) is 0 Å². The van der Waals surface area contributed by atoms with Crippen LogP contribution >= 0.6 is 0 Å². The molecule has 10 nitrogen and oxygen atoms in total. The fraction of sp³-hybridized carbons (Fsp3) is 0.800. The van der Waals surface area contributed by atoms with Crippen molar-refractivity contribution in [1.82, 2.24) is 20.0 Å². The molecule has 10 heteroatoms. The number of carbonyl (C=O) groups is 4. The van der Waals surface area contributed by atoms with Crippen LogP contribution in [0.2, 0.25) is 0 Å². The van der Waals surface area contributed by atoms with Crippen molar-refractivity contribution in [3.8, 4) is 0 Å². The first-order valence-electron chi connectivity index (χ1n) is 10.2. The first-order valence-corrected chi connectivity index (χ1v) is 10.2. The summed E-state index contributed by atoms with van der Waals surface area (Å²) in [5.41, 5.74) is -2.77. The number of imide groups is 2. The first kappa shape index (κ1) is 24.1. The molecule has 0 saturated carbocycles. The summed E-state index contributed by atoms with van der Waals surface area (Å²) in [6.45, 7) is 11.2. The molecule has 2 fully saturated rings. The lowest BCUT2D eigenvalue weighted by Gasteiger charge is -2.31. The zero-order valence-corrected chi connectivity index (χ0v) is 18.9. The van der Waals surface area contributed by atoms with Gasteiger partial charge in [0, 0.05) is 0 Å². The summed E-state index contributed by atoms with van der Waals surface area (Å²) in [4.78, 5) is 53.3. The lowest BCUT2D eigenvalue weighted by Crippen LogP contribution is -2.50. The van der Waals surface area contributed by atoms with Crippen LogP contribution in [-0.4, -0.2) is 91.7 Å². The number of β-amino-alcohol motifs (C(OH)–C–C–N with tert-alkyl or cyclic N) is 2. The number of hydrogen-bond donors (Lipinski definition) is 3. The molecule has 3 N–H and O–H groups in total. The minimum Gasteiger partial charge on any atom is -0.391 e. The number of hydrogen-bond acceptors (Lipinski definition) is 6. The van der Waals surface area contributed by atoms with Crippen molar-refractivity contribution >= 4 is 23.9 Å². The Hall–Kier alpha value is -2.20. The minimum absolute atomic E-state index is 0.143. The van der Waals surface area contributed by atoms with E-state index in [9.17, 15) is 29.4 Å². The average molecular weight is 427 g/mol. The summed E-state index contributed by atoms with van der Waals surface area (Å²) in [5, 5.41) is 23.5. The van der Waals surface area contributed by atoms with Gasteiger partial charge < -0.3 is 20.4 Å². The molecule has 0 bridgehead atoms. The predicted octanol–water partition coefficient (Wildman–Crippen LogP) is 0.518. The number of rotatable bonds is 8. The number of nitrogens with zero attached hydrogens (tertiary/aromatic N) is 3. The molecule has 0 radical (unpaired) electrons. The molecular weight excluding hydrogens is 392 g/mol. The maximum Gasteiger partial charge on any atom is 0.327 e. The Morgan fingerprint density at radius 2 is 1.50 bits per heavy atom. The first-order chi connectivity index (χ1) is 13.6. The highest BCUT2D eigenvalue weighted by atomic mass is 16.3. The quantitative estimate of drug-likeness (QED) is 0.485. The Labute approximate surface area is 177 Å². The predicted molar refractivity (Wildman–Crippen MR) is 108 cm³/mol. The molecular formula is C20H34N4O6. The number of urea groups is 2. The van der Waals surface area contributed by atoms with Crippen molar-refractivity contribution in [2.24, 2.45) is 5.41 Å². The smallest absolute Gasteiger partial charge is 0.327 e. The second-order valence-corrected chi connectivity index (χ2v) is 9.85. The molecule has 170 valence electrons. The summed E-state index contributed by atoms with van der Waals surface area (Å²) < 4.78 is 0. The van der Waals surface area contributed by atoms with Crippen molar-refractivity contribution in [3.63, 3.8) is 0 Å². The van der Waals surface area contributed by atoms with E-state index in [4.69, 9.17) is 0 Å². The molecule has 2 aliphatic rings. The van der Waals surface area contributed by atoms with Crippen LogP contribution in [0.3, 0.4) is 0 Å². The van der Waals surface area contributed by atoms with Crippen molar-refractivity contribution in [3.05, 3.63) is 0 Å². The van der Waals surface area contributed by atoms with Gasteiger partial charge in [-0.1, -0.05) is 20.8 Å². The second kappa shape index (κ2) is 7.81. The summed E-state index contributed by atoms with van der Waals surface area (Å²) in [7, 11) is 0. The van der Waals surface area contributed by atoms with Crippen LogP contribution in [0.5, 0.6) is 0 Å². The Morgan fingerprint density at radius 1 is 0.933 bits per heavy atom. The third-order valence-corrected chi connectivity index (χ3v) is 6.30. The SMILES string of the molecule is CCC(C)(C)C(O)CN1C(=O)N(CC(O)CN2C(=O)NC(C)(C)C2=O)C(C)(C)C1=O. The molecule has 2 heterocycles. The lowest BCUT2D eigenvalue weighted by atomic mass is 9.83. The largest absolute Gasteiger partial charge is 0.391 e. The number of nitrogens with one attached hydrogen (secondary N) is 1. The van der Waals surface area contributed by atoms with Crippen molar-refractivity contribution in [2.45, 2.75) is 78.2 Å². The average Bonchev–Trinajstić information content (AvgIpc) is 2.92. The highest BCUT2D eigenvalue weighted by Gasteiger charge is 2.53. The van der Waals surface area contributed by atoms with Gasteiger partial charge in [0.05, 0.1) is 31.8 Å². The van der Waals surface area contributed by atoms with Crippen molar-refractivity contribution < 1.29 is 29.4 Å². The van der Waals surface area contributed by atoms with Gasteiger partial charge in [-0.2, -0.15) is 0 Å². The molecule has 0 aliphatic carbocycles. The number of carbonyl (C=O) groups excluding carboxylic acids is 4.